The predicted octanol–water partition coefficient (Wildman–Crippen LogP) is 2.13. The molecule has 0 aliphatic heterocycles. The molecule has 0 saturated heterocycles. The molecular formula is C11H21NO. The zero-order valence-corrected chi connectivity index (χ0v) is 8.59. The van der Waals surface area contributed by atoms with Crippen molar-refractivity contribution >= 4 is 0 Å². The topological polar surface area (TPSA) is 21.3 Å². The van der Waals surface area contributed by atoms with E-state index in [4.69, 9.17) is 4.74 Å². The van der Waals surface area contributed by atoms with Crippen molar-refractivity contribution in [2.45, 2.75) is 25.9 Å². The van der Waals surface area contributed by atoms with Crippen LogP contribution in [-0.4, -0.2) is 25.8 Å². The van der Waals surface area contributed by atoms with Gasteiger partial charge in [-0.15, -0.1) is 13.2 Å². The van der Waals surface area contributed by atoms with Crippen molar-refractivity contribution in [3.8, 4) is 0 Å². The van der Waals surface area contributed by atoms with Gasteiger partial charge in [0.25, 0.3) is 0 Å². The van der Waals surface area contributed by atoms with Crippen molar-refractivity contribution in [1.82, 2.24) is 5.32 Å². The van der Waals surface area contributed by atoms with Gasteiger partial charge in [0.15, 0.2) is 0 Å². The molecule has 0 aromatic carbocycles. The minimum absolute atomic E-state index is 0.282. The lowest BCUT2D eigenvalue weighted by Crippen LogP contribution is -2.27. The Morgan fingerprint density at radius 3 is 2.77 bits per heavy atom. The highest BCUT2D eigenvalue weighted by molar-refractivity contribution is 4.70. The highest BCUT2D eigenvalue weighted by Crippen LogP contribution is 1.94. The molecule has 0 fully saturated rings. The Morgan fingerprint density at radius 2 is 2.15 bits per heavy atom. The summed E-state index contributed by atoms with van der Waals surface area (Å²) in [6, 6.07) is 0. The standard InChI is InChI=1S/C11H21NO/c1-4-6-7-9-13-11(3)10-12-8-5-2/h4-5,11-12H,1-2,6-10H2,3H3. The lowest BCUT2D eigenvalue weighted by Gasteiger charge is -2.12. The van der Waals surface area contributed by atoms with E-state index in [0.717, 1.165) is 32.5 Å². The van der Waals surface area contributed by atoms with Crippen molar-refractivity contribution in [2.24, 2.45) is 0 Å². The van der Waals surface area contributed by atoms with Crippen molar-refractivity contribution in [3.63, 3.8) is 0 Å². The smallest absolute Gasteiger partial charge is 0.0671 e. The first-order valence-electron chi connectivity index (χ1n) is 4.85. The summed E-state index contributed by atoms with van der Waals surface area (Å²) >= 11 is 0. The van der Waals surface area contributed by atoms with E-state index < -0.39 is 0 Å². The van der Waals surface area contributed by atoms with E-state index in [1.807, 2.05) is 12.2 Å². The molecular weight excluding hydrogens is 162 g/mol. The lowest BCUT2D eigenvalue weighted by molar-refractivity contribution is 0.0654. The quantitative estimate of drug-likeness (QED) is 0.437. The maximum absolute atomic E-state index is 5.55. The molecule has 0 aliphatic rings. The van der Waals surface area contributed by atoms with Gasteiger partial charge in [0.2, 0.25) is 0 Å². The van der Waals surface area contributed by atoms with E-state index >= 15 is 0 Å². The summed E-state index contributed by atoms with van der Waals surface area (Å²) in [5.74, 6) is 0. The molecule has 2 nitrogen and oxygen atoms in total. The van der Waals surface area contributed by atoms with E-state index in [2.05, 4.69) is 25.4 Å². The third-order valence-electron chi connectivity index (χ3n) is 1.68. The van der Waals surface area contributed by atoms with Gasteiger partial charge in [-0.2, -0.15) is 0 Å². The molecule has 13 heavy (non-hydrogen) atoms. The molecule has 0 spiro atoms. The second-order valence-corrected chi connectivity index (χ2v) is 3.06. The van der Waals surface area contributed by atoms with Gasteiger partial charge < -0.3 is 10.1 Å². The maximum Gasteiger partial charge on any atom is 0.0671 e. The summed E-state index contributed by atoms with van der Waals surface area (Å²) < 4.78 is 5.55. The lowest BCUT2D eigenvalue weighted by atomic mass is 10.3. The Balaban J connectivity index is 3.14. The largest absolute Gasteiger partial charge is 0.377 e. The second-order valence-electron chi connectivity index (χ2n) is 3.06. The molecule has 1 N–H and O–H groups in total. The SMILES string of the molecule is C=CCCCOC(C)CNCC=C. The molecule has 76 valence electrons. The number of ether oxygens (including phenoxy) is 1. The summed E-state index contributed by atoms with van der Waals surface area (Å²) in [4.78, 5) is 0. The molecule has 0 bridgehead atoms. The van der Waals surface area contributed by atoms with Crippen LogP contribution in [0.1, 0.15) is 19.8 Å². The molecule has 0 rings (SSSR count). The molecule has 0 heterocycles. The second kappa shape index (κ2) is 9.49. The normalized spacial score (nSPS) is 12.4. The fraction of sp³-hybridized carbons (Fsp3) is 0.636. The summed E-state index contributed by atoms with van der Waals surface area (Å²) in [6.07, 6.45) is 6.15. The number of rotatable bonds is 9. The van der Waals surface area contributed by atoms with Crippen molar-refractivity contribution in [1.29, 1.82) is 0 Å². The zero-order chi connectivity index (χ0) is 9.94. The van der Waals surface area contributed by atoms with Crippen LogP contribution in [0.5, 0.6) is 0 Å². The van der Waals surface area contributed by atoms with Crippen LogP contribution in [0, 0.1) is 0 Å². The molecule has 0 saturated carbocycles. The third kappa shape index (κ3) is 9.31. The van der Waals surface area contributed by atoms with Gasteiger partial charge in [0.1, 0.15) is 0 Å². The summed E-state index contributed by atoms with van der Waals surface area (Å²) in [5.41, 5.74) is 0. The van der Waals surface area contributed by atoms with E-state index in [9.17, 15) is 0 Å². The predicted molar refractivity (Wildman–Crippen MR) is 57.9 cm³/mol. The van der Waals surface area contributed by atoms with Crippen LogP contribution in [0.2, 0.25) is 0 Å². The van der Waals surface area contributed by atoms with E-state index in [0.29, 0.717) is 0 Å². The molecule has 0 aliphatic carbocycles. The summed E-state index contributed by atoms with van der Waals surface area (Å²) in [7, 11) is 0. The van der Waals surface area contributed by atoms with Gasteiger partial charge in [-0.3, -0.25) is 0 Å². The number of nitrogens with one attached hydrogen (secondary N) is 1. The van der Waals surface area contributed by atoms with Gasteiger partial charge in [-0.25, -0.2) is 0 Å². The molecule has 1 atom stereocenters. The molecule has 0 amide bonds. The third-order valence-corrected chi connectivity index (χ3v) is 1.68. The fourth-order valence-electron chi connectivity index (χ4n) is 0.960. The highest BCUT2D eigenvalue weighted by atomic mass is 16.5. The maximum atomic E-state index is 5.55. The Labute approximate surface area is 81.7 Å². The minimum Gasteiger partial charge on any atom is -0.377 e. The van der Waals surface area contributed by atoms with Crippen LogP contribution < -0.4 is 5.32 Å². The summed E-state index contributed by atoms with van der Waals surface area (Å²) in [5, 5.41) is 3.21. The van der Waals surface area contributed by atoms with Gasteiger partial charge in [-0.1, -0.05) is 12.2 Å². The first kappa shape index (κ1) is 12.4. The van der Waals surface area contributed by atoms with Gasteiger partial charge >= 0.3 is 0 Å². The first-order chi connectivity index (χ1) is 6.31. The van der Waals surface area contributed by atoms with Crippen LogP contribution in [0.3, 0.4) is 0 Å². The number of hydrogen-bond donors (Lipinski definition) is 1. The average molecular weight is 183 g/mol. The van der Waals surface area contributed by atoms with Gasteiger partial charge in [0.05, 0.1) is 6.10 Å². The Morgan fingerprint density at radius 1 is 1.38 bits per heavy atom. The Kier molecular flexibility index (Phi) is 9.05. The van der Waals surface area contributed by atoms with Crippen molar-refractivity contribution < 1.29 is 4.74 Å². The molecule has 2 heteroatoms. The number of allylic oxidation sites excluding steroid dienone is 1. The number of hydrogen-bond acceptors (Lipinski definition) is 2. The molecule has 0 aromatic rings. The van der Waals surface area contributed by atoms with Crippen LogP contribution >= 0.6 is 0 Å². The van der Waals surface area contributed by atoms with Crippen LogP contribution in [0.4, 0.5) is 0 Å². The van der Waals surface area contributed by atoms with E-state index in [-0.39, 0.29) is 6.10 Å². The van der Waals surface area contributed by atoms with Crippen LogP contribution in [0.25, 0.3) is 0 Å². The van der Waals surface area contributed by atoms with Gasteiger partial charge in [-0.05, 0) is 19.8 Å². The zero-order valence-electron chi connectivity index (χ0n) is 8.59. The molecule has 0 aromatic heterocycles. The van der Waals surface area contributed by atoms with E-state index in [1.54, 1.807) is 0 Å². The highest BCUT2D eigenvalue weighted by Gasteiger charge is 1.99. The summed E-state index contributed by atoms with van der Waals surface area (Å²) in [6.45, 7) is 11.9. The number of unbranched alkanes of at least 4 members (excludes halogenated alkanes) is 1. The van der Waals surface area contributed by atoms with Crippen molar-refractivity contribution in [2.75, 3.05) is 19.7 Å². The average Bonchev–Trinajstić information content (AvgIpc) is 2.13. The van der Waals surface area contributed by atoms with E-state index in [1.165, 1.54) is 0 Å². The monoisotopic (exact) mass is 183 g/mol. The Bertz CT molecular complexity index is 134. The minimum atomic E-state index is 0.282. The van der Waals surface area contributed by atoms with Crippen LogP contribution in [-0.2, 0) is 4.74 Å². The van der Waals surface area contributed by atoms with Crippen molar-refractivity contribution in [3.05, 3.63) is 25.3 Å². The van der Waals surface area contributed by atoms with Gasteiger partial charge in [0, 0.05) is 19.7 Å². The van der Waals surface area contributed by atoms with Crippen LogP contribution in [0.15, 0.2) is 25.3 Å². The Hall–Kier alpha value is -0.600. The molecule has 1 unspecified atom stereocenters. The fourth-order valence-corrected chi connectivity index (χ4v) is 0.960. The first-order valence-corrected chi connectivity index (χ1v) is 4.85. The molecule has 0 radical (unpaired) electrons.